The summed E-state index contributed by atoms with van der Waals surface area (Å²) in [6.45, 7) is 7.03. The number of alkyl halides is 2. The van der Waals surface area contributed by atoms with Gasteiger partial charge in [-0.3, -0.25) is 0 Å². The lowest BCUT2D eigenvalue weighted by Crippen LogP contribution is -2.41. The summed E-state index contributed by atoms with van der Waals surface area (Å²) >= 11 is 7.46. The van der Waals surface area contributed by atoms with E-state index in [4.69, 9.17) is 21.1 Å². The fourth-order valence-corrected chi connectivity index (χ4v) is 6.16. The Morgan fingerprint density at radius 3 is 2.17 bits per heavy atom. The first kappa shape index (κ1) is 38.5. The van der Waals surface area contributed by atoms with Gasteiger partial charge < -0.3 is 29.3 Å². The SMILES string of the molecule is CN(CCN(C)c1cc(OC(F)F)ccc1Nc1cc(F)c(S(=O)(=O)N(C(=O)OC(C)(C)C)c2cscn2)cc1Cl)C(=O)OC(C)(C)C. The average Bonchev–Trinajstić information content (AvgIpc) is 3.45. The normalized spacial score (nSPS) is 12.0. The first-order valence-electron chi connectivity index (χ1n) is 14.3. The molecule has 264 valence electrons. The zero-order chi connectivity index (χ0) is 36.2. The highest BCUT2D eigenvalue weighted by atomic mass is 35.5. The Labute approximate surface area is 286 Å². The van der Waals surface area contributed by atoms with Gasteiger partial charge in [-0.15, -0.1) is 15.6 Å². The predicted octanol–water partition coefficient (Wildman–Crippen LogP) is 7.71. The quantitative estimate of drug-likeness (QED) is 0.209. The Kier molecular flexibility index (Phi) is 12.1. The molecule has 0 saturated heterocycles. The van der Waals surface area contributed by atoms with Crippen LogP contribution in [0.2, 0.25) is 5.02 Å². The first-order valence-corrected chi connectivity index (χ1v) is 17.0. The molecule has 0 aliphatic rings. The van der Waals surface area contributed by atoms with Crippen molar-refractivity contribution in [3.8, 4) is 5.75 Å². The molecule has 0 spiro atoms. The number of hydrogen-bond donors (Lipinski definition) is 1. The minimum Gasteiger partial charge on any atom is -0.444 e. The number of carbonyl (C=O) groups is 2. The molecule has 0 saturated carbocycles. The molecule has 18 heteroatoms. The Hall–Kier alpha value is -3.96. The molecule has 1 heterocycles. The van der Waals surface area contributed by atoms with Crippen LogP contribution in [0.4, 0.5) is 45.6 Å². The lowest BCUT2D eigenvalue weighted by Gasteiger charge is -2.28. The second-order valence-corrected chi connectivity index (χ2v) is 15.2. The summed E-state index contributed by atoms with van der Waals surface area (Å²) in [5, 5.41) is 3.92. The molecule has 48 heavy (non-hydrogen) atoms. The summed E-state index contributed by atoms with van der Waals surface area (Å²) in [7, 11) is -1.78. The van der Waals surface area contributed by atoms with Crippen LogP contribution in [0.5, 0.6) is 5.75 Å². The van der Waals surface area contributed by atoms with Crippen molar-refractivity contribution < 1.29 is 45.4 Å². The second kappa shape index (κ2) is 15.1. The van der Waals surface area contributed by atoms with Gasteiger partial charge in [-0.25, -0.2) is 27.4 Å². The number of aromatic nitrogens is 1. The van der Waals surface area contributed by atoms with Crippen molar-refractivity contribution in [3.63, 3.8) is 0 Å². The highest BCUT2D eigenvalue weighted by Crippen LogP contribution is 2.37. The van der Waals surface area contributed by atoms with Crippen LogP contribution in [0.1, 0.15) is 41.5 Å². The van der Waals surface area contributed by atoms with Crippen LogP contribution in [0, 0.1) is 5.82 Å². The van der Waals surface area contributed by atoms with Gasteiger partial charge in [0.2, 0.25) is 0 Å². The lowest BCUT2D eigenvalue weighted by atomic mass is 10.2. The highest BCUT2D eigenvalue weighted by Gasteiger charge is 2.38. The number of rotatable bonds is 11. The maximum absolute atomic E-state index is 15.7. The number of carbonyl (C=O) groups excluding carboxylic acids is 2. The van der Waals surface area contributed by atoms with Crippen LogP contribution in [0.25, 0.3) is 0 Å². The van der Waals surface area contributed by atoms with Crippen LogP contribution in [0.3, 0.4) is 0 Å². The van der Waals surface area contributed by atoms with Gasteiger partial charge in [0.05, 0.1) is 27.6 Å². The number of nitrogens with zero attached hydrogens (tertiary/aromatic N) is 4. The minimum absolute atomic E-state index is 0.0892. The summed E-state index contributed by atoms with van der Waals surface area (Å²) < 4.78 is 84.5. The average molecular weight is 736 g/mol. The Morgan fingerprint density at radius 1 is 0.979 bits per heavy atom. The van der Waals surface area contributed by atoms with Gasteiger partial charge in [0.25, 0.3) is 10.0 Å². The third kappa shape index (κ3) is 10.3. The molecule has 0 aliphatic carbocycles. The van der Waals surface area contributed by atoms with Crippen molar-refractivity contribution in [2.75, 3.05) is 41.7 Å². The third-order valence-corrected chi connectivity index (χ3v) is 8.65. The molecular formula is C30H37ClF3N5O7S2. The van der Waals surface area contributed by atoms with Crippen molar-refractivity contribution in [2.45, 2.75) is 64.3 Å². The molecule has 12 nitrogen and oxygen atoms in total. The predicted molar refractivity (Wildman–Crippen MR) is 178 cm³/mol. The number of hydrogen-bond acceptors (Lipinski definition) is 11. The van der Waals surface area contributed by atoms with E-state index in [2.05, 4.69) is 15.0 Å². The van der Waals surface area contributed by atoms with Gasteiger partial charge >= 0.3 is 18.8 Å². The number of ether oxygens (including phenoxy) is 3. The standard InChI is InChI=1S/C30H37ClF3N5O7S2/c1-29(2,3)45-27(40)38(8)12-11-37(7)23-13-18(44-26(33)34)9-10-21(23)36-22-15-20(32)24(14-19(22)31)48(42,43)39(25-16-47-17-35-25)28(41)46-30(4,5)6/h9-10,13-17,26,36H,11-12H2,1-8H3. The second-order valence-electron chi connectivity index (χ2n) is 12.4. The number of anilines is 4. The topological polar surface area (TPSA) is 131 Å². The Bertz CT molecular complexity index is 1720. The number of halogens is 4. The van der Waals surface area contributed by atoms with Crippen molar-refractivity contribution in [3.05, 3.63) is 52.1 Å². The molecule has 1 N–H and O–H groups in total. The van der Waals surface area contributed by atoms with Crippen molar-refractivity contribution in [2.24, 2.45) is 0 Å². The fraction of sp³-hybridized carbons (Fsp3) is 0.433. The summed E-state index contributed by atoms with van der Waals surface area (Å²) in [4.78, 5) is 31.3. The van der Waals surface area contributed by atoms with E-state index in [1.54, 1.807) is 32.7 Å². The summed E-state index contributed by atoms with van der Waals surface area (Å²) in [5.74, 6) is -1.75. The molecule has 2 aromatic carbocycles. The largest absolute Gasteiger partial charge is 0.444 e. The molecule has 0 aliphatic heterocycles. The van der Waals surface area contributed by atoms with Crippen molar-refractivity contribution in [1.29, 1.82) is 0 Å². The van der Waals surface area contributed by atoms with Gasteiger partial charge in [-0.05, 0) is 59.7 Å². The number of likely N-dealkylation sites (N-methyl/N-ethyl adjacent to an activating group) is 2. The Balaban J connectivity index is 1.97. The lowest BCUT2D eigenvalue weighted by molar-refractivity contribution is -0.0498. The molecule has 0 radical (unpaired) electrons. The number of nitrogens with one attached hydrogen (secondary N) is 1. The van der Waals surface area contributed by atoms with E-state index < -0.39 is 50.7 Å². The molecule has 0 unspecified atom stereocenters. The molecule has 0 atom stereocenters. The van der Waals surface area contributed by atoms with Gasteiger partial charge in [-0.2, -0.15) is 8.78 Å². The number of amides is 2. The molecule has 0 fully saturated rings. The smallest absolute Gasteiger partial charge is 0.430 e. The van der Waals surface area contributed by atoms with E-state index in [9.17, 15) is 26.8 Å². The van der Waals surface area contributed by atoms with Crippen LogP contribution < -0.4 is 19.3 Å². The van der Waals surface area contributed by atoms with E-state index in [1.807, 2.05) is 0 Å². The van der Waals surface area contributed by atoms with Gasteiger partial charge in [0.15, 0.2) is 5.82 Å². The van der Waals surface area contributed by atoms with E-state index >= 15 is 4.39 Å². The zero-order valence-corrected chi connectivity index (χ0v) is 29.9. The number of thiazole rings is 1. The molecule has 0 bridgehead atoms. The van der Waals surface area contributed by atoms with Crippen LogP contribution in [-0.2, 0) is 19.5 Å². The van der Waals surface area contributed by atoms with Crippen LogP contribution in [0.15, 0.2) is 46.1 Å². The van der Waals surface area contributed by atoms with Crippen molar-refractivity contribution in [1.82, 2.24) is 9.88 Å². The monoisotopic (exact) mass is 735 g/mol. The van der Waals surface area contributed by atoms with Crippen LogP contribution >= 0.6 is 22.9 Å². The maximum Gasteiger partial charge on any atom is 0.430 e. The van der Waals surface area contributed by atoms with Gasteiger partial charge in [-0.1, -0.05) is 11.6 Å². The number of sulfonamides is 1. The number of benzene rings is 2. The summed E-state index contributed by atoms with van der Waals surface area (Å²) in [5.41, 5.74) is -0.0639. The molecule has 3 rings (SSSR count). The van der Waals surface area contributed by atoms with Crippen molar-refractivity contribution >= 4 is 68.0 Å². The fourth-order valence-electron chi connectivity index (χ4n) is 3.95. The molecule has 3 aromatic rings. The third-order valence-electron chi connectivity index (χ3n) is 6.08. The minimum atomic E-state index is -4.93. The molecular weight excluding hydrogens is 699 g/mol. The van der Waals surface area contributed by atoms with E-state index in [1.165, 1.54) is 61.8 Å². The highest BCUT2D eigenvalue weighted by molar-refractivity contribution is 7.93. The van der Waals surface area contributed by atoms with Gasteiger partial charge in [0.1, 0.15) is 27.7 Å². The van der Waals surface area contributed by atoms with E-state index in [-0.39, 0.29) is 45.4 Å². The Morgan fingerprint density at radius 2 is 1.60 bits per heavy atom. The molecule has 2 amide bonds. The molecule has 1 aromatic heterocycles. The summed E-state index contributed by atoms with van der Waals surface area (Å²) in [6.07, 6.45) is -1.87. The van der Waals surface area contributed by atoms with Crippen LogP contribution in [-0.4, -0.2) is 75.5 Å². The first-order chi connectivity index (χ1) is 22.1. The van der Waals surface area contributed by atoms with E-state index in [0.29, 0.717) is 5.69 Å². The van der Waals surface area contributed by atoms with E-state index in [0.717, 1.165) is 23.5 Å². The summed E-state index contributed by atoms with van der Waals surface area (Å²) in [6, 6.07) is 5.57. The van der Waals surface area contributed by atoms with Gasteiger partial charge in [0, 0.05) is 44.7 Å². The maximum atomic E-state index is 15.7. The zero-order valence-electron chi connectivity index (χ0n) is 27.5.